The molecule has 2 aromatic rings. The minimum absolute atomic E-state index is 0.0434. The van der Waals surface area contributed by atoms with Gasteiger partial charge in [0.25, 0.3) is 0 Å². The van der Waals surface area contributed by atoms with Gasteiger partial charge in [-0.2, -0.15) is 0 Å². The Morgan fingerprint density at radius 1 is 0.900 bits per heavy atom. The van der Waals surface area contributed by atoms with E-state index in [4.69, 9.17) is 0 Å². The Bertz CT molecular complexity index is 866. The standard InChI is InChI=1S/C29H37F/c1-3-5-6-7-21-8-10-23(11-9-21)24-12-14-25(15-13-24)26-16-17-27-18-22(4-2)29(30)20-28(27)19-26/h12-16,18,20-21,23H,3-11,17,19H2,1-2H3. The lowest BCUT2D eigenvalue weighted by Gasteiger charge is -2.29. The summed E-state index contributed by atoms with van der Waals surface area (Å²) in [6, 6.07) is 13.2. The Balaban J connectivity index is 1.37. The van der Waals surface area contributed by atoms with Crippen LogP contribution >= 0.6 is 0 Å². The van der Waals surface area contributed by atoms with Gasteiger partial charge in [-0.1, -0.05) is 75.9 Å². The molecule has 0 radical (unpaired) electrons. The molecule has 0 bridgehead atoms. The lowest BCUT2D eigenvalue weighted by Crippen LogP contribution is -2.13. The second-order valence-electron chi connectivity index (χ2n) is 9.51. The molecule has 4 rings (SSSR count). The van der Waals surface area contributed by atoms with Crippen molar-refractivity contribution in [1.82, 2.24) is 0 Å². The number of fused-ring (bicyclic) bond motifs is 1. The Morgan fingerprint density at radius 3 is 2.37 bits per heavy atom. The van der Waals surface area contributed by atoms with Gasteiger partial charge in [0.1, 0.15) is 5.82 Å². The molecule has 1 saturated carbocycles. The first-order valence-electron chi connectivity index (χ1n) is 12.3. The average Bonchev–Trinajstić information content (AvgIpc) is 2.79. The fourth-order valence-electron chi connectivity index (χ4n) is 5.50. The predicted octanol–water partition coefficient (Wildman–Crippen LogP) is 8.42. The Kier molecular flexibility index (Phi) is 7.08. The zero-order chi connectivity index (χ0) is 20.9. The minimum Gasteiger partial charge on any atom is -0.207 e. The predicted molar refractivity (Wildman–Crippen MR) is 126 cm³/mol. The second kappa shape index (κ2) is 9.94. The monoisotopic (exact) mass is 404 g/mol. The van der Waals surface area contributed by atoms with Crippen molar-refractivity contribution in [3.8, 4) is 0 Å². The molecule has 0 N–H and O–H groups in total. The van der Waals surface area contributed by atoms with Crippen molar-refractivity contribution >= 4 is 5.57 Å². The maximum Gasteiger partial charge on any atom is 0.126 e. The van der Waals surface area contributed by atoms with Crippen LogP contribution in [-0.4, -0.2) is 0 Å². The average molecular weight is 405 g/mol. The first-order chi connectivity index (χ1) is 14.7. The first-order valence-corrected chi connectivity index (χ1v) is 12.3. The van der Waals surface area contributed by atoms with Gasteiger partial charge in [-0.25, -0.2) is 4.39 Å². The van der Waals surface area contributed by atoms with Crippen LogP contribution in [0.3, 0.4) is 0 Å². The minimum atomic E-state index is -0.0434. The van der Waals surface area contributed by atoms with Gasteiger partial charge in [0.2, 0.25) is 0 Å². The third-order valence-corrected chi connectivity index (χ3v) is 7.51. The molecule has 0 atom stereocenters. The summed E-state index contributed by atoms with van der Waals surface area (Å²) in [6.45, 7) is 4.32. The first kappa shape index (κ1) is 21.3. The highest BCUT2D eigenvalue weighted by Gasteiger charge is 2.22. The molecule has 0 saturated heterocycles. The van der Waals surface area contributed by atoms with Gasteiger partial charge in [-0.3, -0.25) is 0 Å². The summed E-state index contributed by atoms with van der Waals surface area (Å²) in [5, 5.41) is 0. The molecule has 1 heteroatoms. The summed E-state index contributed by atoms with van der Waals surface area (Å²) in [5.41, 5.74) is 7.46. The molecule has 0 nitrogen and oxygen atoms in total. The van der Waals surface area contributed by atoms with Crippen LogP contribution in [0.15, 0.2) is 42.5 Å². The fourth-order valence-corrected chi connectivity index (χ4v) is 5.50. The largest absolute Gasteiger partial charge is 0.207 e. The Morgan fingerprint density at radius 2 is 1.67 bits per heavy atom. The summed E-state index contributed by atoms with van der Waals surface area (Å²) in [6.07, 6.45) is 16.0. The van der Waals surface area contributed by atoms with Crippen molar-refractivity contribution in [1.29, 1.82) is 0 Å². The number of benzene rings is 2. The maximum absolute atomic E-state index is 14.3. The van der Waals surface area contributed by atoms with Crippen molar-refractivity contribution in [2.75, 3.05) is 0 Å². The van der Waals surface area contributed by atoms with Crippen LogP contribution < -0.4 is 0 Å². The lowest BCUT2D eigenvalue weighted by atomic mass is 9.76. The number of allylic oxidation sites excluding steroid dienone is 2. The summed E-state index contributed by atoms with van der Waals surface area (Å²) >= 11 is 0. The van der Waals surface area contributed by atoms with E-state index in [2.05, 4.69) is 43.3 Å². The van der Waals surface area contributed by atoms with Crippen LogP contribution in [0, 0.1) is 11.7 Å². The lowest BCUT2D eigenvalue weighted by molar-refractivity contribution is 0.303. The second-order valence-corrected chi connectivity index (χ2v) is 9.51. The number of hydrogen-bond acceptors (Lipinski definition) is 0. The van der Waals surface area contributed by atoms with Crippen molar-refractivity contribution in [3.63, 3.8) is 0 Å². The quantitative estimate of drug-likeness (QED) is 0.406. The van der Waals surface area contributed by atoms with Gasteiger partial charge < -0.3 is 0 Å². The highest BCUT2D eigenvalue weighted by atomic mass is 19.1. The number of unbranched alkanes of at least 4 members (excludes halogenated alkanes) is 2. The topological polar surface area (TPSA) is 0 Å². The Hall–Kier alpha value is -1.89. The molecule has 0 aromatic heterocycles. The molecule has 0 unspecified atom stereocenters. The summed E-state index contributed by atoms with van der Waals surface area (Å²) in [4.78, 5) is 0. The van der Waals surface area contributed by atoms with Gasteiger partial charge in [0.15, 0.2) is 0 Å². The fraction of sp³-hybridized carbons (Fsp3) is 0.517. The summed E-state index contributed by atoms with van der Waals surface area (Å²) in [5.74, 6) is 1.66. The van der Waals surface area contributed by atoms with Gasteiger partial charge in [-0.15, -0.1) is 0 Å². The molecule has 2 aliphatic rings. The molecule has 0 heterocycles. The van der Waals surface area contributed by atoms with Crippen molar-refractivity contribution in [2.24, 2.45) is 5.92 Å². The van der Waals surface area contributed by atoms with Crippen LogP contribution in [0.2, 0.25) is 0 Å². The van der Waals surface area contributed by atoms with E-state index in [9.17, 15) is 4.39 Å². The van der Waals surface area contributed by atoms with Crippen molar-refractivity contribution < 1.29 is 4.39 Å². The zero-order valence-corrected chi connectivity index (χ0v) is 18.9. The van der Waals surface area contributed by atoms with E-state index in [1.54, 1.807) is 6.07 Å². The molecule has 2 aromatic carbocycles. The molecule has 2 aliphatic carbocycles. The smallest absolute Gasteiger partial charge is 0.126 e. The summed E-state index contributed by atoms with van der Waals surface area (Å²) < 4.78 is 14.3. The molecule has 30 heavy (non-hydrogen) atoms. The van der Waals surface area contributed by atoms with Crippen LogP contribution in [0.4, 0.5) is 4.39 Å². The number of aryl methyl sites for hydroxylation is 1. The SMILES string of the molecule is CCCCCC1CCC(c2ccc(C3=CCc4cc(CC)c(F)cc4C3)cc2)CC1. The van der Waals surface area contributed by atoms with E-state index >= 15 is 0 Å². The Labute approximate surface area is 182 Å². The third kappa shape index (κ3) is 4.88. The molecule has 0 spiro atoms. The van der Waals surface area contributed by atoms with E-state index in [0.29, 0.717) is 0 Å². The van der Waals surface area contributed by atoms with Gasteiger partial charge in [0.05, 0.1) is 0 Å². The molecular formula is C29H37F. The summed E-state index contributed by atoms with van der Waals surface area (Å²) in [7, 11) is 0. The number of halogens is 1. The van der Waals surface area contributed by atoms with Gasteiger partial charge in [-0.05, 0) is 96.2 Å². The molecule has 0 amide bonds. The zero-order valence-electron chi connectivity index (χ0n) is 18.9. The van der Waals surface area contributed by atoms with Crippen LogP contribution in [0.25, 0.3) is 5.57 Å². The van der Waals surface area contributed by atoms with Gasteiger partial charge in [0, 0.05) is 0 Å². The van der Waals surface area contributed by atoms with E-state index in [1.807, 2.05) is 6.92 Å². The highest BCUT2D eigenvalue weighted by molar-refractivity contribution is 5.71. The molecule has 0 aliphatic heterocycles. The van der Waals surface area contributed by atoms with E-state index < -0.39 is 0 Å². The number of hydrogen-bond donors (Lipinski definition) is 0. The third-order valence-electron chi connectivity index (χ3n) is 7.51. The van der Waals surface area contributed by atoms with Crippen molar-refractivity contribution in [2.45, 2.75) is 90.4 Å². The van der Waals surface area contributed by atoms with Crippen LogP contribution in [-0.2, 0) is 19.3 Å². The number of rotatable bonds is 7. The van der Waals surface area contributed by atoms with E-state index in [-0.39, 0.29) is 5.82 Å². The van der Waals surface area contributed by atoms with Crippen LogP contribution in [0.1, 0.15) is 98.9 Å². The normalized spacial score (nSPS) is 21.2. The van der Waals surface area contributed by atoms with Crippen molar-refractivity contribution in [3.05, 3.63) is 76.1 Å². The molecule has 1 fully saturated rings. The highest BCUT2D eigenvalue weighted by Crippen LogP contribution is 2.38. The maximum atomic E-state index is 14.3. The molecule has 160 valence electrons. The van der Waals surface area contributed by atoms with E-state index in [1.165, 1.54) is 73.6 Å². The van der Waals surface area contributed by atoms with Crippen LogP contribution in [0.5, 0.6) is 0 Å². The van der Waals surface area contributed by atoms with Gasteiger partial charge >= 0.3 is 0 Å². The molecular weight excluding hydrogens is 367 g/mol. The van der Waals surface area contributed by atoms with E-state index in [0.717, 1.165) is 42.2 Å².